The molecule has 0 saturated carbocycles. The molecule has 1 unspecified atom stereocenters. The van der Waals surface area contributed by atoms with Crippen molar-refractivity contribution < 1.29 is 14.6 Å². The number of rotatable bonds is 3. The van der Waals surface area contributed by atoms with Gasteiger partial charge >= 0.3 is 5.97 Å². The lowest BCUT2D eigenvalue weighted by molar-refractivity contribution is 0.0525. The Morgan fingerprint density at radius 2 is 2.13 bits per heavy atom. The number of carbonyl (C=O) groups excluding carboxylic acids is 1. The Hall–Kier alpha value is -1.29. The fraction of sp³-hybridized carbons (Fsp3) is 0.545. The van der Waals surface area contributed by atoms with Gasteiger partial charge in [0, 0.05) is 11.4 Å². The molecule has 0 aliphatic rings. The molecule has 15 heavy (non-hydrogen) atoms. The molecule has 0 radical (unpaired) electrons. The maximum absolute atomic E-state index is 11.6. The van der Waals surface area contributed by atoms with Gasteiger partial charge in [-0.15, -0.1) is 0 Å². The van der Waals surface area contributed by atoms with Crippen LogP contribution >= 0.6 is 0 Å². The number of ether oxygens (including phenoxy) is 1. The van der Waals surface area contributed by atoms with Gasteiger partial charge in [-0.1, -0.05) is 0 Å². The summed E-state index contributed by atoms with van der Waals surface area (Å²) in [5.74, 6) is -0.337. The molecule has 4 heteroatoms. The Morgan fingerprint density at radius 3 is 2.53 bits per heavy atom. The van der Waals surface area contributed by atoms with E-state index in [-0.39, 0.29) is 5.97 Å². The number of aromatic nitrogens is 1. The molecule has 1 aromatic rings. The SMILES string of the molecule is CCOC(=O)c1c(C)[nH]c(C(C)O)c1C. The minimum Gasteiger partial charge on any atom is -0.462 e. The zero-order chi connectivity index (χ0) is 11.6. The van der Waals surface area contributed by atoms with Gasteiger partial charge in [-0.25, -0.2) is 4.79 Å². The third-order valence-electron chi connectivity index (χ3n) is 2.37. The zero-order valence-electron chi connectivity index (χ0n) is 9.55. The zero-order valence-corrected chi connectivity index (χ0v) is 9.55. The molecule has 0 aliphatic heterocycles. The van der Waals surface area contributed by atoms with E-state index in [1.807, 2.05) is 0 Å². The van der Waals surface area contributed by atoms with Crippen LogP contribution in [0, 0.1) is 13.8 Å². The number of aliphatic hydroxyl groups excluding tert-OH is 1. The fourth-order valence-electron chi connectivity index (χ4n) is 1.70. The van der Waals surface area contributed by atoms with Crippen LogP contribution in [0.5, 0.6) is 0 Å². The Balaban J connectivity index is 3.13. The van der Waals surface area contributed by atoms with Crippen LogP contribution in [0.25, 0.3) is 0 Å². The normalized spacial score (nSPS) is 12.6. The molecule has 0 spiro atoms. The highest BCUT2D eigenvalue weighted by Crippen LogP contribution is 2.23. The number of aromatic amines is 1. The van der Waals surface area contributed by atoms with Gasteiger partial charge in [0.2, 0.25) is 0 Å². The third kappa shape index (κ3) is 2.21. The first kappa shape index (κ1) is 11.8. The summed E-state index contributed by atoms with van der Waals surface area (Å²) in [6.07, 6.45) is -0.605. The number of aliphatic hydroxyl groups is 1. The van der Waals surface area contributed by atoms with Crippen molar-refractivity contribution in [3.05, 3.63) is 22.5 Å². The number of aryl methyl sites for hydroxylation is 1. The van der Waals surface area contributed by atoms with Gasteiger partial charge in [0.25, 0.3) is 0 Å². The summed E-state index contributed by atoms with van der Waals surface area (Å²) in [5.41, 5.74) is 2.71. The van der Waals surface area contributed by atoms with E-state index in [1.54, 1.807) is 27.7 Å². The molecule has 1 atom stereocenters. The summed E-state index contributed by atoms with van der Waals surface area (Å²) in [7, 11) is 0. The van der Waals surface area contributed by atoms with Crippen LogP contribution in [0.2, 0.25) is 0 Å². The highest BCUT2D eigenvalue weighted by atomic mass is 16.5. The van der Waals surface area contributed by atoms with Crippen molar-refractivity contribution >= 4 is 5.97 Å². The second-order valence-electron chi connectivity index (χ2n) is 3.56. The maximum Gasteiger partial charge on any atom is 0.340 e. The molecule has 0 bridgehead atoms. The van der Waals surface area contributed by atoms with E-state index in [2.05, 4.69) is 4.98 Å². The van der Waals surface area contributed by atoms with Gasteiger partial charge in [-0.2, -0.15) is 0 Å². The van der Waals surface area contributed by atoms with Crippen molar-refractivity contribution in [1.29, 1.82) is 0 Å². The predicted molar refractivity (Wildman–Crippen MR) is 56.9 cm³/mol. The van der Waals surface area contributed by atoms with Gasteiger partial charge in [-0.3, -0.25) is 0 Å². The number of H-pyrrole nitrogens is 1. The smallest absolute Gasteiger partial charge is 0.340 e. The second-order valence-corrected chi connectivity index (χ2v) is 3.56. The summed E-state index contributed by atoms with van der Waals surface area (Å²) in [6.45, 7) is 7.38. The van der Waals surface area contributed by atoms with E-state index < -0.39 is 6.10 Å². The Labute approximate surface area is 89.3 Å². The monoisotopic (exact) mass is 211 g/mol. The molecule has 0 aliphatic carbocycles. The molecule has 1 rings (SSSR count). The number of carbonyl (C=O) groups is 1. The van der Waals surface area contributed by atoms with Crippen LogP contribution in [0.15, 0.2) is 0 Å². The topological polar surface area (TPSA) is 62.3 Å². The summed E-state index contributed by atoms with van der Waals surface area (Å²) in [5, 5.41) is 9.47. The Bertz CT molecular complexity index is 366. The highest BCUT2D eigenvalue weighted by Gasteiger charge is 2.20. The van der Waals surface area contributed by atoms with Crippen molar-refractivity contribution in [1.82, 2.24) is 4.98 Å². The fourth-order valence-corrected chi connectivity index (χ4v) is 1.70. The van der Waals surface area contributed by atoms with Gasteiger partial charge in [-0.05, 0) is 33.3 Å². The predicted octanol–water partition coefficient (Wildman–Crippen LogP) is 1.86. The van der Waals surface area contributed by atoms with E-state index in [1.165, 1.54) is 0 Å². The lowest BCUT2D eigenvalue weighted by Gasteiger charge is -2.04. The van der Waals surface area contributed by atoms with Crippen molar-refractivity contribution in [2.24, 2.45) is 0 Å². The first-order valence-corrected chi connectivity index (χ1v) is 5.03. The second kappa shape index (κ2) is 4.49. The Morgan fingerprint density at radius 1 is 1.53 bits per heavy atom. The average Bonchev–Trinajstić information content (AvgIpc) is 2.42. The summed E-state index contributed by atoms with van der Waals surface area (Å²) < 4.78 is 4.94. The molecule has 0 aromatic carbocycles. The molecular weight excluding hydrogens is 194 g/mol. The van der Waals surface area contributed by atoms with Crippen molar-refractivity contribution in [3.8, 4) is 0 Å². The molecule has 0 amide bonds. The van der Waals surface area contributed by atoms with E-state index in [4.69, 9.17) is 4.74 Å². The average molecular weight is 211 g/mol. The lowest BCUT2D eigenvalue weighted by Crippen LogP contribution is -2.07. The van der Waals surface area contributed by atoms with Crippen LogP contribution in [0.4, 0.5) is 0 Å². The van der Waals surface area contributed by atoms with Crippen LogP contribution in [-0.4, -0.2) is 22.7 Å². The number of esters is 1. The van der Waals surface area contributed by atoms with E-state index in [0.717, 1.165) is 11.3 Å². The number of hydrogen-bond donors (Lipinski definition) is 2. The number of hydrogen-bond acceptors (Lipinski definition) is 3. The Kier molecular flexibility index (Phi) is 3.52. The summed E-state index contributed by atoms with van der Waals surface area (Å²) in [6, 6.07) is 0. The molecule has 84 valence electrons. The first-order valence-electron chi connectivity index (χ1n) is 5.03. The molecule has 0 fully saturated rings. The lowest BCUT2D eigenvalue weighted by atomic mass is 10.1. The van der Waals surface area contributed by atoms with E-state index in [0.29, 0.717) is 17.9 Å². The van der Waals surface area contributed by atoms with E-state index >= 15 is 0 Å². The van der Waals surface area contributed by atoms with Crippen LogP contribution in [0.1, 0.15) is 47.3 Å². The number of nitrogens with one attached hydrogen (secondary N) is 1. The quantitative estimate of drug-likeness (QED) is 0.750. The minimum absolute atomic E-state index is 0.337. The van der Waals surface area contributed by atoms with Crippen molar-refractivity contribution in [2.45, 2.75) is 33.8 Å². The molecule has 1 aromatic heterocycles. The summed E-state index contributed by atoms with van der Waals surface area (Å²) in [4.78, 5) is 14.6. The molecule has 1 heterocycles. The van der Waals surface area contributed by atoms with Crippen molar-refractivity contribution in [3.63, 3.8) is 0 Å². The van der Waals surface area contributed by atoms with Crippen LogP contribution in [-0.2, 0) is 4.74 Å². The standard InChI is InChI=1S/C11H17NO3/c1-5-15-11(14)9-6(2)10(8(4)13)12-7(9)3/h8,12-13H,5H2,1-4H3. The summed E-state index contributed by atoms with van der Waals surface area (Å²) >= 11 is 0. The van der Waals surface area contributed by atoms with E-state index in [9.17, 15) is 9.90 Å². The van der Waals surface area contributed by atoms with Gasteiger partial charge < -0.3 is 14.8 Å². The van der Waals surface area contributed by atoms with Gasteiger partial charge in [0.1, 0.15) is 0 Å². The maximum atomic E-state index is 11.6. The van der Waals surface area contributed by atoms with Crippen LogP contribution in [0.3, 0.4) is 0 Å². The minimum atomic E-state index is -0.605. The molecular formula is C11H17NO3. The highest BCUT2D eigenvalue weighted by molar-refractivity contribution is 5.92. The molecule has 0 saturated heterocycles. The first-order chi connectivity index (χ1) is 6.99. The van der Waals surface area contributed by atoms with Gasteiger partial charge in [0.15, 0.2) is 0 Å². The van der Waals surface area contributed by atoms with Crippen LogP contribution < -0.4 is 0 Å². The van der Waals surface area contributed by atoms with Crippen molar-refractivity contribution in [2.75, 3.05) is 6.61 Å². The third-order valence-corrected chi connectivity index (χ3v) is 2.37. The molecule has 2 N–H and O–H groups in total. The largest absolute Gasteiger partial charge is 0.462 e. The van der Waals surface area contributed by atoms with Gasteiger partial charge in [0.05, 0.1) is 18.3 Å². The molecule has 4 nitrogen and oxygen atoms in total.